The maximum atomic E-state index is 10.2. The average molecular weight is 509 g/mol. The molecule has 0 aromatic carbocycles. The number of aliphatic hydroxyl groups is 1. The van der Waals surface area contributed by atoms with Crippen molar-refractivity contribution in [1.29, 1.82) is 0 Å². The summed E-state index contributed by atoms with van der Waals surface area (Å²) >= 11 is 0. The standard InChI is InChI=1S/C35H72O/c1-3-5-7-9-11-13-14-15-16-17-18-19-20-21-22-23-24-26-28-30-32-34-35(36)33-31-29-27-25-12-10-8-6-4-2/h35-36H,3-34H2,1-2H3. The maximum Gasteiger partial charge on any atom is 0.0540 e. The third kappa shape index (κ3) is 32.0. The first-order valence-electron chi connectivity index (χ1n) is 17.5. The molecule has 0 heterocycles. The van der Waals surface area contributed by atoms with E-state index in [-0.39, 0.29) is 6.10 Å². The van der Waals surface area contributed by atoms with Crippen molar-refractivity contribution in [2.45, 2.75) is 225 Å². The third-order valence-electron chi connectivity index (χ3n) is 8.28. The average Bonchev–Trinajstić information content (AvgIpc) is 2.88. The van der Waals surface area contributed by atoms with Gasteiger partial charge in [0, 0.05) is 0 Å². The minimum absolute atomic E-state index is 0.0325. The third-order valence-corrected chi connectivity index (χ3v) is 8.28. The van der Waals surface area contributed by atoms with Crippen molar-refractivity contribution < 1.29 is 5.11 Å². The van der Waals surface area contributed by atoms with Crippen molar-refractivity contribution in [2.75, 3.05) is 0 Å². The number of rotatable bonds is 32. The Morgan fingerprint density at radius 2 is 0.444 bits per heavy atom. The van der Waals surface area contributed by atoms with Crippen LogP contribution in [0, 0.1) is 0 Å². The van der Waals surface area contributed by atoms with Gasteiger partial charge in [-0.05, 0) is 12.8 Å². The largest absolute Gasteiger partial charge is 0.393 e. The summed E-state index contributed by atoms with van der Waals surface area (Å²) in [6.45, 7) is 4.59. The molecule has 0 aromatic rings. The summed E-state index contributed by atoms with van der Waals surface area (Å²) in [5.41, 5.74) is 0. The lowest BCUT2D eigenvalue weighted by molar-refractivity contribution is 0.147. The molecule has 218 valence electrons. The van der Waals surface area contributed by atoms with Crippen LogP contribution in [-0.4, -0.2) is 11.2 Å². The van der Waals surface area contributed by atoms with Gasteiger partial charge in [-0.3, -0.25) is 0 Å². The SMILES string of the molecule is CCCCCCCCCCCCCCCCCCCCCCCC(O)CCCCCCCCCCC. The molecule has 0 amide bonds. The Morgan fingerprint density at radius 3 is 0.639 bits per heavy atom. The summed E-state index contributed by atoms with van der Waals surface area (Å²) in [6, 6.07) is 0. The van der Waals surface area contributed by atoms with Gasteiger partial charge in [-0.15, -0.1) is 0 Å². The second-order valence-corrected chi connectivity index (χ2v) is 12.1. The van der Waals surface area contributed by atoms with Crippen LogP contribution in [0.15, 0.2) is 0 Å². The summed E-state index contributed by atoms with van der Waals surface area (Å²) < 4.78 is 0. The van der Waals surface area contributed by atoms with E-state index in [1.807, 2.05) is 0 Å². The first kappa shape index (κ1) is 36.0. The summed E-state index contributed by atoms with van der Waals surface area (Å²) in [6.07, 6.45) is 44.5. The lowest BCUT2D eigenvalue weighted by Crippen LogP contribution is -2.05. The first-order chi connectivity index (χ1) is 17.8. The highest BCUT2D eigenvalue weighted by molar-refractivity contribution is 4.58. The fraction of sp³-hybridized carbons (Fsp3) is 1.00. The quantitative estimate of drug-likeness (QED) is 0.0895. The van der Waals surface area contributed by atoms with E-state index >= 15 is 0 Å². The van der Waals surface area contributed by atoms with Crippen LogP contribution in [0.3, 0.4) is 0 Å². The molecule has 1 heteroatoms. The van der Waals surface area contributed by atoms with Gasteiger partial charge in [0.1, 0.15) is 0 Å². The zero-order valence-corrected chi connectivity index (χ0v) is 25.7. The van der Waals surface area contributed by atoms with Crippen LogP contribution < -0.4 is 0 Å². The molecule has 0 spiro atoms. The second kappa shape index (κ2) is 33.0. The highest BCUT2D eigenvalue weighted by Gasteiger charge is 2.04. The molecule has 1 atom stereocenters. The summed E-state index contributed by atoms with van der Waals surface area (Å²) in [4.78, 5) is 0. The van der Waals surface area contributed by atoms with Crippen LogP contribution in [0.4, 0.5) is 0 Å². The van der Waals surface area contributed by atoms with Crippen LogP contribution >= 0.6 is 0 Å². The highest BCUT2D eigenvalue weighted by Crippen LogP contribution is 2.17. The van der Waals surface area contributed by atoms with E-state index in [0.717, 1.165) is 12.8 Å². The normalized spacial score (nSPS) is 12.4. The zero-order chi connectivity index (χ0) is 26.2. The monoisotopic (exact) mass is 509 g/mol. The number of hydrogen-bond acceptors (Lipinski definition) is 1. The van der Waals surface area contributed by atoms with Gasteiger partial charge in [0.25, 0.3) is 0 Å². The van der Waals surface area contributed by atoms with E-state index < -0.39 is 0 Å². The van der Waals surface area contributed by atoms with Gasteiger partial charge in [-0.1, -0.05) is 206 Å². The molecule has 0 bridgehead atoms. The summed E-state index contributed by atoms with van der Waals surface area (Å²) in [7, 11) is 0. The number of aliphatic hydroxyl groups excluding tert-OH is 1. The van der Waals surface area contributed by atoms with Crippen molar-refractivity contribution in [2.24, 2.45) is 0 Å². The molecule has 0 aromatic heterocycles. The molecule has 0 rings (SSSR count). The van der Waals surface area contributed by atoms with E-state index in [9.17, 15) is 5.11 Å². The Hall–Kier alpha value is -0.0400. The molecule has 1 N–H and O–H groups in total. The first-order valence-corrected chi connectivity index (χ1v) is 17.5. The topological polar surface area (TPSA) is 20.2 Å². The number of unbranched alkanes of at least 4 members (excludes halogenated alkanes) is 28. The summed E-state index contributed by atoms with van der Waals surface area (Å²) in [5.74, 6) is 0. The van der Waals surface area contributed by atoms with E-state index in [1.165, 1.54) is 193 Å². The van der Waals surface area contributed by atoms with Gasteiger partial charge >= 0.3 is 0 Å². The second-order valence-electron chi connectivity index (χ2n) is 12.1. The van der Waals surface area contributed by atoms with Crippen LogP contribution in [0.25, 0.3) is 0 Å². The lowest BCUT2D eigenvalue weighted by atomic mass is 10.0. The van der Waals surface area contributed by atoms with Crippen molar-refractivity contribution in [1.82, 2.24) is 0 Å². The highest BCUT2D eigenvalue weighted by atomic mass is 16.3. The Bertz CT molecular complexity index is 366. The van der Waals surface area contributed by atoms with Gasteiger partial charge in [-0.2, -0.15) is 0 Å². The van der Waals surface area contributed by atoms with Gasteiger partial charge in [-0.25, -0.2) is 0 Å². The van der Waals surface area contributed by atoms with Crippen LogP contribution in [0.1, 0.15) is 219 Å². The molecule has 0 aliphatic carbocycles. The van der Waals surface area contributed by atoms with Crippen LogP contribution in [-0.2, 0) is 0 Å². The van der Waals surface area contributed by atoms with Crippen molar-refractivity contribution in [3.05, 3.63) is 0 Å². The van der Waals surface area contributed by atoms with E-state index in [4.69, 9.17) is 0 Å². The van der Waals surface area contributed by atoms with E-state index in [1.54, 1.807) is 0 Å². The molecule has 0 aliphatic heterocycles. The molecule has 0 aliphatic rings. The zero-order valence-electron chi connectivity index (χ0n) is 25.7. The molecular weight excluding hydrogens is 436 g/mol. The minimum atomic E-state index is -0.0325. The lowest BCUT2D eigenvalue weighted by Gasteiger charge is -2.10. The van der Waals surface area contributed by atoms with Gasteiger partial charge < -0.3 is 5.11 Å². The fourth-order valence-corrected chi connectivity index (χ4v) is 5.65. The maximum absolute atomic E-state index is 10.2. The molecular formula is C35H72O. The van der Waals surface area contributed by atoms with Gasteiger partial charge in [0.05, 0.1) is 6.10 Å². The summed E-state index contributed by atoms with van der Waals surface area (Å²) in [5, 5.41) is 10.2. The molecule has 0 radical (unpaired) electrons. The predicted molar refractivity (Wildman–Crippen MR) is 165 cm³/mol. The van der Waals surface area contributed by atoms with E-state index in [2.05, 4.69) is 13.8 Å². The Balaban J connectivity index is 3.11. The fourth-order valence-electron chi connectivity index (χ4n) is 5.65. The Labute approximate surface area is 230 Å². The molecule has 0 saturated heterocycles. The molecule has 36 heavy (non-hydrogen) atoms. The molecule has 0 fully saturated rings. The van der Waals surface area contributed by atoms with Crippen LogP contribution in [0.2, 0.25) is 0 Å². The smallest absolute Gasteiger partial charge is 0.0540 e. The van der Waals surface area contributed by atoms with E-state index in [0.29, 0.717) is 0 Å². The van der Waals surface area contributed by atoms with Crippen molar-refractivity contribution in [3.8, 4) is 0 Å². The van der Waals surface area contributed by atoms with Crippen molar-refractivity contribution >= 4 is 0 Å². The number of hydrogen-bond donors (Lipinski definition) is 1. The predicted octanol–water partition coefficient (Wildman–Crippen LogP) is 12.9. The molecule has 1 nitrogen and oxygen atoms in total. The molecule has 1 unspecified atom stereocenters. The minimum Gasteiger partial charge on any atom is -0.393 e. The molecule has 0 saturated carbocycles. The van der Waals surface area contributed by atoms with Crippen LogP contribution in [0.5, 0.6) is 0 Å². The van der Waals surface area contributed by atoms with Gasteiger partial charge in [0.15, 0.2) is 0 Å². The Kier molecular flexibility index (Phi) is 33.0. The van der Waals surface area contributed by atoms with Crippen molar-refractivity contribution in [3.63, 3.8) is 0 Å². The Morgan fingerprint density at radius 1 is 0.278 bits per heavy atom. The van der Waals surface area contributed by atoms with Gasteiger partial charge in [0.2, 0.25) is 0 Å².